The summed E-state index contributed by atoms with van der Waals surface area (Å²) in [5.74, 6) is 0.673. The van der Waals surface area contributed by atoms with Gasteiger partial charge in [-0.15, -0.1) is 0 Å². The maximum absolute atomic E-state index is 5.98. The van der Waals surface area contributed by atoms with E-state index < -0.39 is 0 Å². The summed E-state index contributed by atoms with van der Waals surface area (Å²) in [4.78, 5) is 0. The minimum absolute atomic E-state index is 0.476. The molecule has 2 rings (SSSR count). The van der Waals surface area contributed by atoms with Gasteiger partial charge in [-0.25, -0.2) is 0 Å². The highest BCUT2D eigenvalue weighted by molar-refractivity contribution is 4.87. The smallest absolute Gasteiger partial charge is 0.0598 e. The van der Waals surface area contributed by atoms with Crippen LogP contribution in [0.25, 0.3) is 0 Å². The van der Waals surface area contributed by atoms with Gasteiger partial charge < -0.3 is 9.47 Å². The van der Waals surface area contributed by atoms with Crippen molar-refractivity contribution in [2.75, 3.05) is 19.8 Å². The molecule has 0 unspecified atom stereocenters. The van der Waals surface area contributed by atoms with Crippen LogP contribution in [0.5, 0.6) is 0 Å². The second-order valence-electron chi connectivity index (χ2n) is 5.24. The lowest BCUT2D eigenvalue weighted by molar-refractivity contribution is -0.116. The van der Waals surface area contributed by atoms with E-state index in [2.05, 4.69) is 13.8 Å². The Balaban J connectivity index is 1.87. The molecule has 14 heavy (non-hydrogen) atoms. The molecule has 2 aliphatic rings. The summed E-state index contributed by atoms with van der Waals surface area (Å²) in [5.41, 5.74) is 0.476. The van der Waals surface area contributed by atoms with Gasteiger partial charge in [0.25, 0.3) is 0 Å². The van der Waals surface area contributed by atoms with E-state index in [1.807, 2.05) is 0 Å². The Morgan fingerprint density at radius 2 is 1.86 bits per heavy atom. The normalized spacial score (nSPS) is 32.4. The van der Waals surface area contributed by atoms with Gasteiger partial charge in [-0.3, -0.25) is 0 Å². The molecule has 2 fully saturated rings. The predicted molar refractivity (Wildman–Crippen MR) is 56.3 cm³/mol. The van der Waals surface area contributed by atoms with Crippen LogP contribution < -0.4 is 0 Å². The van der Waals surface area contributed by atoms with Crippen LogP contribution in [-0.4, -0.2) is 25.9 Å². The van der Waals surface area contributed by atoms with E-state index in [1.165, 1.54) is 25.7 Å². The minimum Gasteiger partial charge on any atom is -0.381 e. The predicted octanol–water partition coefficient (Wildman–Crippen LogP) is 2.62. The van der Waals surface area contributed by atoms with E-state index in [1.54, 1.807) is 0 Å². The third-order valence-corrected chi connectivity index (χ3v) is 3.86. The molecule has 2 nitrogen and oxygen atoms in total. The van der Waals surface area contributed by atoms with E-state index in [0.29, 0.717) is 17.4 Å². The molecule has 2 heterocycles. The number of rotatable bonds is 1. The van der Waals surface area contributed by atoms with E-state index in [9.17, 15) is 0 Å². The third-order valence-electron chi connectivity index (χ3n) is 3.86. The summed E-state index contributed by atoms with van der Waals surface area (Å²) in [5, 5.41) is 0. The molecule has 82 valence electrons. The first-order valence-corrected chi connectivity index (χ1v) is 5.91. The van der Waals surface area contributed by atoms with Gasteiger partial charge in [0.15, 0.2) is 0 Å². The van der Waals surface area contributed by atoms with Crippen molar-refractivity contribution in [2.24, 2.45) is 11.3 Å². The average molecular weight is 198 g/mol. The first-order valence-electron chi connectivity index (χ1n) is 5.91. The molecule has 2 heteroatoms. The van der Waals surface area contributed by atoms with Crippen molar-refractivity contribution in [3.8, 4) is 0 Å². The number of hydrogen-bond acceptors (Lipinski definition) is 2. The molecule has 1 atom stereocenters. The molecule has 0 aromatic carbocycles. The van der Waals surface area contributed by atoms with Crippen LogP contribution in [0.2, 0.25) is 0 Å². The number of hydrogen-bond donors (Lipinski definition) is 0. The summed E-state index contributed by atoms with van der Waals surface area (Å²) >= 11 is 0. The highest BCUT2D eigenvalue weighted by Gasteiger charge is 2.37. The molecular weight excluding hydrogens is 176 g/mol. The van der Waals surface area contributed by atoms with Crippen LogP contribution in [0, 0.1) is 11.3 Å². The zero-order valence-corrected chi connectivity index (χ0v) is 9.42. The Bertz CT molecular complexity index is 173. The van der Waals surface area contributed by atoms with Crippen molar-refractivity contribution < 1.29 is 9.47 Å². The molecular formula is C12H22O2. The molecule has 0 amide bonds. The fourth-order valence-corrected chi connectivity index (χ4v) is 2.61. The highest BCUT2D eigenvalue weighted by Crippen LogP contribution is 2.40. The molecule has 0 aromatic heterocycles. The monoisotopic (exact) mass is 198 g/mol. The van der Waals surface area contributed by atoms with Crippen molar-refractivity contribution in [3.05, 3.63) is 0 Å². The fraction of sp³-hybridized carbons (Fsp3) is 1.00. The largest absolute Gasteiger partial charge is 0.381 e. The minimum atomic E-state index is 0.476. The first kappa shape index (κ1) is 10.4. The maximum atomic E-state index is 5.98. The lowest BCUT2D eigenvalue weighted by atomic mass is 9.74. The maximum Gasteiger partial charge on any atom is 0.0598 e. The van der Waals surface area contributed by atoms with Crippen LogP contribution in [0.4, 0.5) is 0 Å². The summed E-state index contributed by atoms with van der Waals surface area (Å²) in [6.45, 7) is 7.36. The van der Waals surface area contributed by atoms with E-state index in [-0.39, 0.29) is 0 Å². The van der Waals surface area contributed by atoms with Crippen molar-refractivity contribution in [2.45, 2.75) is 45.6 Å². The zero-order chi connectivity index (χ0) is 10.0. The molecule has 1 spiro atoms. The van der Waals surface area contributed by atoms with Gasteiger partial charge in [-0.05, 0) is 37.0 Å². The summed E-state index contributed by atoms with van der Waals surface area (Å²) in [6.07, 6.45) is 5.51. The average Bonchev–Trinajstić information content (AvgIpc) is 2.19. The zero-order valence-electron chi connectivity index (χ0n) is 9.42. The topological polar surface area (TPSA) is 18.5 Å². The lowest BCUT2D eigenvalue weighted by Crippen LogP contribution is -2.41. The van der Waals surface area contributed by atoms with E-state index in [0.717, 1.165) is 19.8 Å². The Morgan fingerprint density at radius 1 is 1.14 bits per heavy atom. The second kappa shape index (κ2) is 4.19. The Kier molecular flexibility index (Phi) is 3.13. The molecule has 2 aliphatic heterocycles. The van der Waals surface area contributed by atoms with Crippen molar-refractivity contribution in [1.82, 2.24) is 0 Å². The first-order chi connectivity index (χ1) is 6.72. The fourth-order valence-electron chi connectivity index (χ4n) is 2.61. The Morgan fingerprint density at radius 3 is 2.36 bits per heavy atom. The molecule has 2 saturated heterocycles. The van der Waals surface area contributed by atoms with Crippen LogP contribution in [0.3, 0.4) is 0 Å². The van der Waals surface area contributed by atoms with Crippen LogP contribution in [0.1, 0.15) is 39.5 Å². The molecule has 0 radical (unpaired) electrons. The van der Waals surface area contributed by atoms with Crippen molar-refractivity contribution >= 4 is 0 Å². The lowest BCUT2D eigenvalue weighted by Gasteiger charge is -2.43. The SMILES string of the molecule is CC(C)[C@@H]1CCC2(CCOCC2)CO1. The second-order valence-corrected chi connectivity index (χ2v) is 5.24. The summed E-state index contributed by atoms with van der Waals surface area (Å²) in [7, 11) is 0. The standard InChI is InChI=1S/C12H22O2/c1-10(2)11-3-4-12(9-14-11)5-7-13-8-6-12/h10-11H,3-9H2,1-2H3/t11-/m0/s1. The molecule has 0 N–H and O–H groups in total. The number of ether oxygens (including phenoxy) is 2. The van der Waals surface area contributed by atoms with Crippen molar-refractivity contribution in [1.29, 1.82) is 0 Å². The van der Waals surface area contributed by atoms with Gasteiger partial charge in [0.05, 0.1) is 12.7 Å². The van der Waals surface area contributed by atoms with E-state index >= 15 is 0 Å². The van der Waals surface area contributed by atoms with E-state index in [4.69, 9.17) is 9.47 Å². The van der Waals surface area contributed by atoms with Gasteiger partial charge in [0.1, 0.15) is 0 Å². The van der Waals surface area contributed by atoms with Gasteiger partial charge in [-0.2, -0.15) is 0 Å². The third kappa shape index (κ3) is 2.12. The van der Waals surface area contributed by atoms with Gasteiger partial charge in [-0.1, -0.05) is 13.8 Å². The van der Waals surface area contributed by atoms with Crippen LogP contribution in [-0.2, 0) is 9.47 Å². The Hall–Kier alpha value is -0.0800. The summed E-state index contributed by atoms with van der Waals surface area (Å²) < 4.78 is 11.4. The van der Waals surface area contributed by atoms with Crippen molar-refractivity contribution in [3.63, 3.8) is 0 Å². The molecule has 0 aromatic rings. The summed E-state index contributed by atoms with van der Waals surface area (Å²) in [6, 6.07) is 0. The van der Waals surface area contributed by atoms with Crippen LogP contribution >= 0.6 is 0 Å². The quantitative estimate of drug-likeness (QED) is 0.645. The highest BCUT2D eigenvalue weighted by atomic mass is 16.5. The van der Waals surface area contributed by atoms with Gasteiger partial charge in [0, 0.05) is 13.2 Å². The Labute approximate surface area is 87.0 Å². The van der Waals surface area contributed by atoms with Crippen LogP contribution in [0.15, 0.2) is 0 Å². The van der Waals surface area contributed by atoms with Gasteiger partial charge in [0.2, 0.25) is 0 Å². The van der Waals surface area contributed by atoms with Gasteiger partial charge >= 0.3 is 0 Å². The molecule has 0 bridgehead atoms. The molecule has 0 saturated carbocycles. The molecule has 0 aliphatic carbocycles.